The predicted molar refractivity (Wildman–Crippen MR) is 65.9 cm³/mol. The molecule has 1 aromatic carbocycles. The van der Waals surface area contributed by atoms with Gasteiger partial charge < -0.3 is 5.73 Å². The lowest BCUT2D eigenvalue weighted by Crippen LogP contribution is -1.94. The summed E-state index contributed by atoms with van der Waals surface area (Å²) in [6.07, 6.45) is 2.04. The van der Waals surface area contributed by atoms with Crippen molar-refractivity contribution in [2.45, 2.75) is 24.7 Å². The van der Waals surface area contributed by atoms with E-state index in [9.17, 15) is 0 Å². The average molecular weight is 208 g/mol. The number of rotatable bonds is 3. The molecule has 0 saturated heterocycles. The molecule has 0 bridgehead atoms. The highest BCUT2D eigenvalue weighted by Gasteiger charge is 2.12. The summed E-state index contributed by atoms with van der Waals surface area (Å²) in [5.74, 6) is 0.485. The molecule has 1 aromatic rings. The Bertz CT molecular complexity index is 345. The quantitative estimate of drug-likeness (QED) is 0.469. The summed E-state index contributed by atoms with van der Waals surface area (Å²) in [5, 5.41) is 0. The zero-order valence-electron chi connectivity index (χ0n) is 8.87. The molecule has 1 rings (SSSR count). The molecule has 76 valence electrons. The van der Waals surface area contributed by atoms with E-state index < -0.39 is 0 Å². The monoisotopic (exact) mass is 208 g/mol. The van der Waals surface area contributed by atoms with E-state index >= 15 is 0 Å². The van der Waals surface area contributed by atoms with Gasteiger partial charge in [-0.3, -0.25) is 4.99 Å². The summed E-state index contributed by atoms with van der Waals surface area (Å²) in [7, 11) is 0. The molecule has 0 heterocycles. The molecule has 0 aliphatic carbocycles. The number of benzene rings is 1. The fourth-order valence-corrected chi connectivity index (χ4v) is 2.35. The van der Waals surface area contributed by atoms with Gasteiger partial charge in [-0.25, -0.2) is 0 Å². The summed E-state index contributed by atoms with van der Waals surface area (Å²) in [4.78, 5) is 5.14. The average Bonchev–Trinajstić information content (AvgIpc) is 2.16. The Morgan fingerprint density at radius 3 is 2.50 bits per heavy atom. The number of thioether (sulfide) groups is 1. The van der Waals surface area contributed by atoms with Gasteiger partial charge in [0.05, 0.1) is 11.4 Å². The van der Waals surface area contributed by atoms with E-state index in [1.54, 1.807) is 11.8 Å². The van der Waals surface area contributed by atoms with Gasteiger partial charge in [0.25, 0.3) is 0 Å². The topological polar surface area (TPSA) is 38.4 Å². The van der Waals surface area contributed by atoms with Crippen LogP contribution in [0.3, 0.4) is 0 Å². The third kappa shape index (κ3) is 1.93. The van der Waals surface area contributed by atoms with Crippen molar-refractivity contribution < 1.29 is 0 Å². The van der Waals surface area contributed by atoms with Crippen LogP contribution >= 0.6 is 11.8 Å². The largest absolute Gasteiger partial charge is 0.397 e. The minimum Gasteiger partial charge on any atom is -0.397 e. The lowest BCUT2D eigenvalue weighted by Gasteiger charge is -2.14. The highest BCUT2D eigenvalue weighted by atomic mass is 32.2. The van der Waals surface area contributed by atoms with Crippen molar-refractivity contribution in [3.8, 4) is 0 Å². The molecule has 2 N–H and O–H groups in total. The second-order valence-corrected chi connectivity index (χ2v) is 4.26. The first-order chi connectivity index (χ1) is 6.61. The minimum absolute atomic E-state index is 0.485. The molecule has 0 aliphatic heterocycles. The lowest BCUT2D eigenvalue weighted by molar-refractivity contribution is 0.843. The minimum atomic E-state index is 0.485. The van der Waals surface area contributed by atoms with Crippen molar-refractivity contribution in [1.82, 2.24) is 0 Å². The van der Waals surface area contributed by atoms with Crippen molar-refractivity contribution in [2.24, 2.45) is 4.99 Å². The van der Waals surface area contributed by atoms with Gasteiger partial charge in [0.2, 0.25) is 0 Å². The number of nitrogens with zero attached hydrogens (tertiary/aromatic N) is 1. The number of hydrogen-bond acceptors (Lipinski definition) is 3. The molecule has 0 spiro atoms. The van der Waals surface area contributed by atoms with Gasteiger partial charge in [0.15, 0.2) is 0 Å². The van der Waals surface area contributed by atoms with Crippen molar-refractivity contribution in [1.29, 1.82) is 0 Å². The molecule has 0 atom stereocenters. The SMILES string of the molecule is C=Nc1c(N)ccc(C(C)C)c1SC. The van der Waals surface area contributed by atoms with E-state index in [2.05, 4.69) is 31.6 Å². The number of nitrogen functional groups attached to an aromatic ring is 1. The first-order valence-corrected chi connectivity index (χ1v) is 5.77. The van der Waals surface area contributed by atoms with Crippen LogP contribution in [0, 0.1) is 0 Å². The third-order valence-corrected chi connectivity index (χ3v) is 3.01. The lowest BCUT2D eigenvalue weighted by atomic mass is 10.0. The van der Waals surface area contributed by atoms with Crippen LogP contribution in [0.1, 0.15) is 25.3 Å². The van der Waals surface area contributed by atoms with E-state index in [4.69, 9.17) is 5.73 Å². The van der Waals surface area contributed by atoms with Gasteiger partial charge in [-0.2, -0.15) is 0 Å². The molecule has 14 heavy (non-hydrogen) atoms. The molecular weight excluding hydrogens is 192 g/mol. The van der Waals surface area contributed by atoms with Crippen LogP contribution in [-0.4, -0.2) is 13.0 Å². The van der Waals surface area contributed by atoms with Gasteiger partial charge in [-0.1, -0.05) is 19.9 Å². The molecule has 0 aromatic heterocycles. The van der Waals surface area contributed by atoms with E-state index in [1.807, 2.05) is 12.3 Å². The number of hydrogen-bond donors (Lipinski definition) is 1. The summed E-state index contributed by atoms with van der Waals surface area (Å²) in [5.41, 5.74) is 8.64. The molecule has 3 heteroatoms. The van der Waals surface area contributed by atoms with Gasteiger partial charge in [0, 0.05) is 4.90 Å². The Hall–Kier alpha value is -0.960. The fraction of sp³-hybridized carbons (Fsp3) is 0.364. The molecule has 0 unspecified atom stereocenters. The van der Waals surface area contributed by atoms with Crippen LogP contribution in [0.5, 0.6) is 0 Å². The molecule has 0 saturated carbocycles. The zero-order valence-corrected chi connectivity index (χ0v) is 9.69. The van der Waals surface area contributed by atoms with Crippen molar-refractivity contribution in [3.05, 3.63) is 17.7 Å². The smallest absolute Gasteiger partial charge is 0.0989 e. The highest BCUT2D eigenvalue weighted by molar-refractivity contribution is 7.98. The number of nitrogens with two attached hydrogens (primary N) is 1. The van der Waals surface area contributed by atoms with Crippen LogP contribution in [-0.2, 0) is 0 Å². The van der Waals surface area contributed by atoms with Crippen LogP contribution in [0.15, 0.2) is 22.0 Å². The first-order valence-electron chi connectivity index (χ1n) is 4.54. The van der Waals surface area contributed by atoms with Gasteiger partial charge in [-0.15, -0.1) is 11.8 Å². The maximum atomic E-state index is 5.83. The van der Waals surface area contributed by atoms with Crippen molar-refractivity contribution >= 4 is 29.9 Å². The zero-order chi connectivity index (χ0) is 10.7. The summed E-state index contributed by atoms with van der Waals surface area (Å²) < 4.78 is 0. The van der Waals surface area contributed by atoms with E-state index in [1.165, 1.54) is 5.56 Å². The first kappa shape index (κ1) is 11.1. The molecular formula is C11H16N2S. The Morgan fingerprint density at radius 1 is 1.43 bits per heavy atom. The van der Waals surface area contributed by atoms with Gasteiger partial charge >= 0.3 is 0 Å². The van der Waals surface area contributed by atoms with Crippen LogP contribution in [0.4, 0.5) is 11.4 Å². The van der Waals surface area contributed by atoms with E-state index in [-0.39, 0.29) is 0 Å². The summed E-state index contributed by atoms with van der Waals surface area (Å²) >= 11 is 1.68. The van der Waals surface area contributed by atoms with E-state index in [0.29, 0.717) is 11.6 Å². The molecule has 0 radical (unpaired) electrons. The third-order valence-electron chi connectivity index (χ3n) is 2.18. The Morgan fingerprint density at radius 2 is 2.07 bits per heavy atom. The Labute approximate surface area is 89.6 Å². The Balaban J connectivity index is 3.40. The van der Waals surface area contributed by atoms with Gasteiger partial charge in [-0.05, 0) is 30.5 Å². The summed E-state index contributed by atoms with van der Waals surface area (Å²) in [6.45, 7) is 7.89. The fourth-order valence-electron chi connectivity index (χ4n) is 1.43. The predicted octanol–water partition coefficient (Wildman–Crippen LogP) is 3.45. The van der Waals surface area contributed by atoms with E-state index in [0.717, 1.165) is 10.6 Å². The van der Waals surface area contributed by atoms with Crippen LogP contribution < -0.4 is 5.73 Å². The van der Waals surface area contributed by atoms with Gasteiger partial charge in [0.1, 0.15) is 0 Å². The molecule has 0 fully saturated rings. The Kier molecular flexibility index (Phi) is 3.58. The van der Waals surface area contributed by atoms with Crippen molar-refractivity contribution in [3.63, 3.8) is 0 Å². The maximum Gasteiger partial charge on any atom is 0.0989 e. The highest BCUT2D eigenvalue weighted by Crippen LogP contribution is 2.39. The molecule has 0 amide bonds. The summed E-state index contributed by atoms with van der Waals surface area (Å²) in [6, 6.07) is 3.97. The number of aliphatic imine (C=N–C) groups is 1. The van der Waals surface area contributed by atoms with Crippen LogP contribution in [0.2, 0.25) is 0 Å². The molecule has 2 nitrogen and oxygen atoms in total. The second kappa shape index (κ2) is 4.51. The molecule has 0 aliphatic rings. The standard InChI is InChI=1S/C11H16N2S/c1-7(2)8-5-6-9(12)10(13-3)11(8)14-4/h5-7H,3,12H2,1-2,4H3. The van der Waals surface area contributed by atoms with Crippen molar-refractivity contribution in [2.75, 3.05) is 12.0 Å². The maximum absolute atomic E-state index is 5.83. The van der Waals surface area contributed by atoms with Crippen LogP contribution in [0.25, 0.3) is 0 Å². The normalized spacial score (nSPS) is 10.6. The second-order valence-electron chi connectivity index (χ2n) is 3.44. The number of anilines is 1.